The lowest BCUT2D eigenvalue weighted by molar-refractivity contribution is 0.145. The Hall–Kier alpha value is -0.120. The summed E-state index contributed by atoms with van der Waals surface area (Å²) >= 11 is 0. The lowest BCUT2D eigenvalue weighted by Gasteiger charge is -2.05. The number of hydrogen-bond acceptors (Lipinski definition) is 3. The molecule has 0 bridgehead atoms. The van der Waals surface area contributed by atoms with Crippen molar-refractivity contribution in [1.82, 2.24) is 10.6 Å². The van der Waals surface area contributed by atoms with Gasteiger partial charge in [-0.1, -0.05) is 0 Å². The van der Waals surface area contributed by atoms with E-state index in [0.29, 0.717) is 0 Å². The topological polar surface area (TPSA) is 33.3 Å². The molecule has 3 heteroatoms. The Morgan fingerprint density at radius 3 is 2.77 bits per heavy atom. The van der Waals surface area contributed by atoms with Crippen LogP contribution in [0.15, 0.2) is 0 Å². The summed E-state index contributed by atoms with van der Waals surface area (Å²) in [6.07, 6.45) is 3.88. The largest absolute Gasteiger partial charge is 0.382 e. The van der Waals surface area contributed by atoms with Gasteiger partial charge < -0.3 is 15.4 Å². The van der Waals surface area contributed by atoms with E-state index in [1.807, 2.05) is 6.92 Å². The number of nitrogens with one attached hydrogen (secondary N) is 2. The molecule has 0 aliphatic heterocycles. The molecule has 1 aliphatic carbocycles. The van der Waals surface area contributed by atoms with E-state index < -0.39 is 0 Å². The van der Waals surface area contributed by atoms with Crippen LogP contribution in [0.3, 0.4) is 0 Å². The monoisotopic (exact) mass is 186 g/mol. The van der Waals surface area contributed by atoms with E-state index in [1.54, 1.807) is 0 Å². The fourth-order valence-electron chi connectivity index (χ4n) is 1.22. The number of ether oxygens (including phenoxy) is 1. The highest BCUT2D eigenvalue weighted by molar-refractivity contribution is 4.80. The van der Waals surface area contributed by atoms with Gasteiger partial charge in [-0.3, -0.25) is 0 Å². The summed E-state index contributed by atoms with van der Waals surface area (Å²) in [6.45, 7) is 7.03. The molecule has 0 spiro atoms. The maximum absolute atomic E-state index is 5.23. The fourth-order valence-corrected chi connectivity index (χ4v) is 1.22. The van der Waals surface area contributed by atoms with E-state index >= 15 is 0 Å². The minimum absolute atomic E-state index is 0.837. The van der Waals surface area contributed by atoms with Gasteiger partial charge in [0, 0.05) is 32.3 Å². The molecule has 3 nitrogen and oxygen atoms in total. The second kappa shape index (κ2) is 7.30. The Morgan fingerprint density at radius 2 is 2.08 bits per heavy atom. The highest BCUT2D eigenvalue weighted by Gasteiger charge is 2.19. The van der Waals surface area contributed by atoms with Crippen LogP contribution in [-0.2, 0) is 4.74 Å². The highest BCUT2D eigenvalue weighted by Crippen LogP contribution is 2.17. The normalized spacial score (nSPS) is 16.4. The molecule has 0 aromatic heterocycles. The van der Waals surface area contributed by atoms with Gasteiger partial charge in [-0.15, -0.1) is 0 Å². The van der Waals surface area contributed by atoms with Gasteiger partial charge in [-0.2, -0.15) is 0 Å². The van der Waals surface area contributed by atoms with Crippen LogP contribution in [0, 0.1) is 0 Å². The number of hydrogen-bond donors (Lipinski definition) is 2. The highest BCUT2D eigenvalue weighted by atomic mass is 16.5. The van der Waals surface area contributed by atoms with Crippen molar-refractivity contribution < 1.29 is 4.74 Å². The van der Waals surface area contributed by atoms with Crippen LogP contribution in [0.2, 0.25) is 0 Å². The molecule has 1 saturated carbocycles. The molecule has 0 amide bonds. The van der Waals surface area contributed by atoms with Crippen LogP contribution in [0.5, 0.6) is 0 Å². The van der Waals surface area contributed by atoms with Gasteiger partial charge in [0.25, 0.3) is 0 Å². The van der Waals surface area contributed by atoms with E-state index in [0.717, 1.165) is 45.3 Å². The van der Waals surface area contributed by atoms with Gasteiger partial charge in [0.2, 0.25) is 0 Å². The Morgan fingerprint density at radius 1 is 1.23 bits per heavy atom. The minimum Gasteiger partial charge on any atom is -0.382 e. The van der Waals surface area contributed by atoms with Gasteiger partial charge in [-0.05, 0) is 32.7 Å². The average Bonchev–Trinajstić information content (AvgIpc) is 2.93. The first-order valence-corrected chi connectivity index (χ1v) is 5.45. The molecule has 1 aliphatic rings. The van der Waals surface area contributed by atoms with Crippen molar-refractivity contribution >= 4 is 0 Å². The molecule has 0 unspecified atom stereocenters. The molecule has 2 N–H and O–H groups in total. The van der Waals surface area contributed by atoms with Crippen molar-refractivity contribution in [2.45, 2.75) is 32.2 Å². The van der Waals surface area contributed by atoms with Gasteiger partial charge in [0.1, 0.15) is 0 Å². The molecule has 0 atom stereocenters. The molecular weight excluding hydrogens is 164 g/mol. The van der Waals surface area contributed by atoms with Gasteiger partial charge in [-0.25, -0.2) is 0 Å². The van der Waals surface area contributed by atoms with Gasteiger partial charge >= 0.3 is 0 Å². The molecule has 1 rings (SSSR count). The summed E-state index contributed by atoms with van der Waals surface area (Å²) in [6, 6.07) is 0.838. The Bertz CT molecular complexity index is 115. The lowest BCUT2D eigenvalue weighted by atomic mass is 10.4. The zero-order valence-electron chi connectivity index (χ0n) is 8.64. The molecule has 0 radical (unpaired) electrons. The second-order valence-electron chi connectivity index (χ2n) is 3.53. The summed E-state index contributed by atoms with van der Waals surface area (Å²) in [4.78, 5) is 0. The van der Waals surface area contributed by atoms with Gasteiger partial charge in [0.15, 0.2) is 0 Å². The van der Waals surface area contributed by atoms with Crippen LogP contribution in [0.4, 0.5) is 0 Å². The third kappa shape index (κ3) is 6.99. The van der Waals surface area contributed by atoms with Crippen LogP contribution in [0.1, 0.15) is 26.2 Å². The van der Waals surface area contributed by atoms with Crippen molar-refractivity contribution in [1.29, 1.82) is 0 Å². The Kier molecular flexibility index (Phi) is 6.15. The summed E-state index contributed by atoms with van der Waals surface area (Å²) < 4.78 is 5.23. The molecule has 0 saturated heterocycles. The summed E-state index contributed by atoms with van der Waals surface area (Å²) in [5.41, 5.74) is 0. The summed E-state index contributed by atoms with van der Waals surface area (Å²) in [7, 11) is 0. The quantitative estimate of drug-likeness (QED) is 0.521. The standard InChI is InChI=1S/C10H22N2O/c1-2-13-9-3-6-11-7-8-12-10-4-5-10/h10-12H,2-9H2,1H3. The minimum atomic E-state index is 0.837. The second-order valence-corrected chi connectivity index (χ2v) is 3.53. The zero-order valence-corrected chi connectivity index (χ0v) is 8.64. The lowest BCUT2D eigenvalue weighted by Crippen LogP contribution is -2.29. The average molecular weight is 186 g/mol. The molecule has 78 valence electrons. The van der Waals surface area contributed by atoms with Crippen molar-refractivity contribution in [3.63, 3.8) is 0 Å². The van der Waals surface area contributed by atoms with E-state index in [9.17, 15) is 0 Å². The Balaban J connectivity index is 1.63. The third-order valence-electron chi connectivity index (χ3n) is 2.16. The first-order chi connectivity index (χ1) is 6.43. The first kappa shape index (κ1) is 11.0. The molecular formula is C10H22N2O. The van der Waals surface area contributed by atoms with E-state index in [-0.39, 0.29) is 0 Å². The number of rotatable bonds is 9. The molecule has 0 aromatic carbocycles. The molecule has 1 fully saturated rings. The van der Waals surface area contributed by atoms with Crippen LogP contribution >= 0.6 is 0 Å². The van der Waals surface area contributed by atoms with E-state index in [2.05, 4.69) is 10.6 Å². The van der Waals surface area contributed by atoms with Crippen molar-refractivity contribution in [2.24, 2.45) is 0 Å². The smallest absolute Gasteiger partial charge is 0.0477 e. The summed E-state index contributed by atoms with van der Waals surface area (Å²) in [5.74, 6) is 0. The molecule has 0 aromatic rings. The third-order valence-corrected chi connectivity index (χ3v) is 2.16. The molecule has 0 heterocycles. The fraction of sp³-hybridized carbons (Fsp3) is 1.00. The molecule has 13 heavy (non-hydrogen) atoms. The predicted octanol–water partition coefficient (Wildman–Crippen LogP) is 0.755. The SMILES string of the molecule is CCOCCCNCCNC1CC1. The maximum atomic E-state index is 5.23. The van der Waals surface area contributed by atoms with E-state index in [4.69, 9.17) is 4.74 Å². The van der Waals surface area contributed by atoms with Gasteiger partial charge in [0.05, 0.1) is 0 Å². The predicted molar refractivity (Wildman–Crippen MR) is 55.0 cm³/mol. The first-order valence-electron chi connectivity index (χ1n) is 5.45. The van der Waals surface area contributed by atoms with Crippen molar-refractivity contribution in [3.05, 3.63) is 0 Å². The summed E-state index contributed by atoms with van der Waals surface area (Å²) in [5, 5.41) is 6.85. The maximum Gasteiger partial charge on any atom is 0.0477 e. The van der Waals surface area contributed by atoms with Crippen LogP contribution in [-0.4, -0.2) is 38.9 Å². The van der Waals surface area contributed by atoms with Crippen molar-refractivity contribution in [2.75, 3.05) is 32.8 Å². The van der Waals surface area contributed by atoms with Crippen LogP contribution in [0.25, 0.3) is 0 Å². The zero-order chi connectivity index (χ0) is 9.36. The van der Waals surface area contributed by atoms with E-state index in [1.165, 1.54) is 12.8 Å². The van der Waals surface area contributed by atoms with Crippen molar-refractivity contribution in [3.8, 4) is 0 Å². The van der Waals surface area contributed by atoms with Crippen LogP contribution < -0.4 is 10.6 Å². The Labute approximate surface area is 81.2 Å².